The van der Waals surface area contributed by atoms with Gasteiger partial charge in [-0.15, -0.1) is 0 Å². The van der Waals surface area contributed by atoms with Gasteiger partial charge in [-0.25, -0.2) is 0 Å². The normalized spacial score (nSPS) is 15.8. The maximum absolute atomic E-state index is 6.03. The number of anilines is 3. The molecule has 0 aliphatic carbocycles. The van der Waals surface area contributed by atoms with Gasteiger partial charge >= 0.3 is 0 Å². The molecule has 110 valence electrons. The van der Waals surface area contributed by atoms with Gasteiger partial charge in [0.25, 0.3) is 0 Å². The van der Waals surface area contributed by atoms with E-state index < -0.39 is 0 Å². The van der Waals surface area contributed by atoms with Crippen molar-refractivity contribution in [2.75, 3.05) is 29.9 Å². The summed E-state index contributed by atoms with van der Waals surface area (Å²) in [6.07, 6.45) is 2.84. The van der Waals surface area contributed by atoms with Gasteiger partial charge in [-0.3, -0.25) is 4.98 Å². The minimum Gasteiger partial charge on any atom is -0.371 e. The van der Waals surface area contributed by atoms with Crippen LogP contribution in [0.5, 0.6) is 0 Å². The van der Waals surface area contributed by atoms with Gasteiger partial charge in [0.1, 0.15) is 0 Å². The Morgan fingerprint density at radius 3 is 2.57 bits per heavy atom. The fraction of sp³-hybridized carbons (Fsp3) is 0.353. The number of likely N-dealkylation sites (N-methyl/N-ethyl adjacent to an activating group) is 1. The van der Waals surface area contributed by atoms with Crippen LogP contribution >= 0.6 is 0 Å². The number of hydrogen-bond acceptors (Lipinski definition) is 4. The van der Waals surface area contributed by atoms with E-state index in [-0.39, 0.29) is 6.04 Å². The van der Waals surface area contributed by atoms with Crippen LogP contribution in [0.15, 0.2) is 42.6 Å². The number of rotatable bonds is 3. The summed E-state index contributed by atoms with van der Waals surface area (Å²) in [6, 6.07) is 12.7. The summed E-state index contributed by atoms with van der Waals surface area (Å²) in [5.41, 5.74) is 10.6. The monoisotopic (exact) mass is 282 g/mol. The summed E-state index contributed by atoms with van der Waals surface area (Å²) in [7, 11) is 2.14. The topological polar surface area (TPSA) is 45.4 Å². The van der Waals surface area contributed by atoms with Gasteiger partial charge < -0.3 is 15.5 Å². The largest absolute Gasteiger partial charge is 0.371 e. The number of aromatic nitrogens is 1. The van der Waals surface area contributed by atoms with Crippen LogP contribution in [0, 0.1) is 0 Å². The van der Waals surface area contributed by atoms with Crippen LogP contribution in [0.4, 0.5) is 17.1 Å². The molecule has 2 heterocycles. The molecule has 0 saturated heterocycles. The number of pyridine rings is 1. The maximum Gasteiger partial charge on any atom is 0.0649 e. The zero-order valence-electron chi connectivity index (χ0n) is 12.7. The predicted octanol–water partition coefficient (Wildman–Crippen LogP) is 3.08. The van der Waals surface area contributed by atoms with Crippen molar-refractivity contribution in [3.63, 3.8) is 0 Å². The van der Waals surface area contributed by atoms with Crippen LogP contribution in [0.1, 0.15) is 25.1 Å². The number of nitrogens with two attached hydrogens (primary N) is 1. The lowest BCUT2D eigenvalue weighted by Crippen LogP contribution is -2.36. The van der Waals surface area contributed by atoms with Crippen molar-refractivity contribution in [2.24, 2.45) is 5.73 Å². The molecule has 0 fully saturated rings. The SMILES string of the molecule is CCC(N)c1ccc(N2CCN(C)c3ccccc32)cn1. The molecule has 4 heteroatoms. The van der Waals surface area contributed by atoms with E-state index >= 15 is 0 Å². The van der Waals surface area contributed by atoms with Gasteiger partial charge in [0.2, 0.25) is 0 Å². The highest BCUT2D eigenvalue weighted by atomic mass is 15.3. The zero-order chi connectivity index (χ0) is 14.8. The Labute approximate surface area is 126 Å². The quantitative estimate of drug-likeness (QED) is 0.939. The number of para-hydroxylation sites is 2. The van der Waals surface area contributed by atoms with Crippen LogP contribution in [0.2, 0.25) is 0 Å². The smallest absolute Gasteiger partial charge is 0.0649 e. The molecule has 4 nitrogen and oxygen atoms in total. The highest BCUT2D eigenvalue weighted by molar-refractivity contribution is 5.78. The van der Waals surface area contributed by atoms with Crippen molar-refractivity contribution in [3.05, 3.63) is 48.3 Å². The van der Waals surface area contributed by atoms with E-state index in [1.165, 1.54) is 11.4 Å². The van der Waals surface area contributed by atoms with Crippen LogP contribution in [0.3, 0.4) is 0 Å². The van der Waals surface area contributed by atoms with Gasteiger partial charge in [-0.2, -0.15) is 0 Å². The van der Waals surface area contributed by atoms with Crippen molar-refractivity contribution < 1.29 is 0 Å². The minimum atomic E-state index is 0.0267. The first-order valence-corrected chi connectivity index (χ1v) is 7.50. The third-order valence-corrected chi connectivity index (χ3v) is 4.14. The summed E-state index contributed by atoms with van der Waals surface area (Å²) in [4.78, 5) is 9.15. The Kier molecular flexibility index (Phi) is 3.80. The molecule has 0 spiro atoms. The van der Waals surface area contributed by atoms with Crippen LogP contribution in [-0.4, -0.2) is 25.1 Å². The van der Waals surface area contributed by atoms with Gasteiger partial charge in [-0.05, 0) is 30.7 Å². The molecule has 0 bridgehead atoms. The minimum absolute atomic E-state index is 0.0267. The van der Waals surface area contributed by atoms with E-state index in [0.717, 1.165) is 30.9 Å². The molecule has 0 amide bonds. The van der Waals surface area contributed by atoms with Crippen molar-refractivity contribution in [1.82, 2.24) is 4.98 Å². The van der Waals surface area contributed by atoms with E-state index in [1.54, 1.807) is 0 Å². The average molecular weight is 282 g/mol. The van der Waals surface area contributed by atoms with Gasteiger partial charge in [0, 0.05) is 26.2 Å². The lowest BCUT2D eigenvalue weighted by atomic mass is 10.1. The summed E-state index contributed by atoms with van der Waals surface area (Å²) in [5, 5.41) is 0. The molecule has 0 radical (unpaired) electrons. The fourth-order valence-electron chi connectivity index (χ4n) is 2.76. The van der Waals surface area contributed by atoms with Crippen LogP contribution in [0.25, 0.3) is 0 Å². The highest BCUT2D eigenvalue weighted by Crippen LogP contribution is 2.36. The van der Waals surface area contributed by atoms with Crippen LogP contribution < -0.4 is 15.5 Å². The number of nitrogens with zero attached hydrogens (tertiary/aromatic N) is 3. The Morgan fingerprint density at radius 2 is 1.90 bits per heavy atom. The maximum atomic E-state index is 6.03. The van der Waals surface area contributed by atoms with E-state index in [2.05, 4.69) is 59.1 Å². The number of hydrogen-bond donors (Lipinski definition) is 1. The van der Waals surface area contributed by atoms with E-state index in [9.17, 15) is 0 Å². The number of benzene rings is 1. The molecule has 1 atom stereocenters. The summed E-state index contributed by atoms with van der Waals surface area (Å²) < 4.78 is 0. The Balaban J connectivity index is 1.93. The molecule has 1 aromatic carbocycles. The Morgan fingerprint density at radius 1 is 1.14 bits per heavy atom. The van der Waals surface area contributed by atoms with Crippen molar-refractivity contribution in [2.45, 2.75) is 19.4 Å². The first-order chi connectivity index (χ1) is 10.2. The third-order valence-electron chi connectivity index (χ3n) is 4.14. The summed E-state index contributed by atoms with van der Waals surface area (Å²) >= 11 is 0. The van der Waals surface area contributed by atoms with Gasteiger partial charge in [-0.1, -0.05) is 19.1 Å². The summed E-state index contributed by atoms with van der Waals surface area (Å²) in [6.45, 7) is 4.05. The zero-order valence-corrected chi connectivity index (χ0v) is 12.7. The molecular weight excluding hydrogens is 260 g/mol. The molecule has 21 heavy (non-hydrogen) atoms. The van der Waals surface area contributed by atoms with Gasteiger partial charge in [0.05, 0.1) is 29.0 Å². The second kappa shape index (κ2) is 5.74. The second-order valence-electron chi connectivity index (χ2n) is 5.52. The van der Waals surface area contributed by atoms with Crippen molar-refractivity contribution in [3.8, 4) is 0 Å². The lowest BCUT2D eigenvalue weighted by molar-refractivity contribution is 0.675. The second-order valence-corrected chi connectivity index (χ2v) is 5.52. The highest BCUT2D eigenvalue weighted by Gasteiger charge is 2.21. The molecule has 1 aromatic heterocycles. The van der Waals surface area contributed by atoms with Crippen molar-refractivity contribution in [1.29, 1.82) is 0 Å². The van der Waals surface area contributed by atoms with E-state index in [1.807, 2.05) is 12.3 Å². The standard InChI is InChI=1S/C17H22N4/c1-3-14(18)15-9-8-13(12-19-15)21-11-10-20(2)16-6-4-5-7-17(16)21/h4-9,12,14H,3,10-11,18H2,1-2H3. The Bertz CT molecular complexity index is 608. The predicted molar refractivity (Wildman–Crippen MR) is 88.2 cm³/mol. The van der Waals surface area contributed by atoms with E-state index in [4.69, 9.17) is 5.73 Å². The van der Waals surface area contributed by atoms with Crippen molar-refractivity contribution >= 4 is 17.1 Å². The summed E-state index contributed by atoms with van der Waals surface area (Å²) in [5.74, 6) is 0. The Hall–Kier alpha value is -2.07. The third kappa shape index (κ3) is 2.59. The first-order valence-electron chi connectivity index (χ1n) is 7.50. The molecule has 3 rings (SSSR count). The van der Waals surface area contributed by atoms with Gasteiger partial charge in [0.15, 0.2) is 0 Å². The average Bonchev–Trinajstić information content (AvgIpc) is 2.55. The molecular formula is C17H22N4. The molecule has 1 aliphatic heterocycles. The molecule has 2 aromatic rings. The molecule has 1 unspecified atom stereocenters. The first kappa shape index (κ1) is 13.9. The lowest BCUT2D eigenvalue weighted by Gasteiger charge is -2.36. The van der Waals surface area contributed by atoms with E-state index in [0.29, 0.717) is 0 Å². The van der Waals surface area contributed by atoms with Crippen LogP contribution in [-0.2, 0) is 0 Å². The molecule has 0 saturated carbocycles. The molecule has 1 aliphatic rings. The molecule has 2 N–H and O–H groups in total. The number of fused-ring (bicyclic) bond motifs is 1. The fourth-order valence-corrected chi connectivity index (χ4v) is 2.76.